The van der Waals surface area contributed by atoms with Gasteiger partial charge in [-0.2, -0.15) is 0 Å². The van der Waals surface area contributed by atoms with E-state index in [0.29, 0.717) is 19.0 Å². The third-order valence-corrected chi connectivity index (χ3v) is 13.8. The summed E-state index contributed by atoms with van der Waals surface area (Å²) in [5.74, 6) is 0.606. The van der Waals surface area contributed by atoms with Gasteiger partial charge in [-0.3, -0.25) is 14.5 Å². The van der Waals surface area contributed by atoms with Gasteiger partial charge < -0.3 is 14.2 Å². The number of likely N-dealkylation sites (N-methyl/N-ethyl adjacent to an activating group) is 1. The predicted octanol–water partition coefficient (Wildman–Crippen LogP) is 7.64. The molecule has 1 N–H and O–H groups in total. The molecular weight excluding hydrogens is 661 g/mol. The smallest absolute Gasteiger partial charge is 0.264 e. The molecule has 1 saturated heterocycles. The minimum absolute atomic E-state index is 0.0422. The molecule has 2 saturated carbocycles. The molecule has 0 radical (unpaired) electrons. The number of aromatic nitrogens is 1. The summed E-state index contributed by atoms with van der Waals surface area (Å²) in [6.07, 6.45) is 11.6. The number of amides is 2. The topological polar surface area (TPSA) is 101 Å². The molecule has 0 bridgehead atoms. The van der Waals surface area contributed by atoms with Crippen LogP contribution in [-0.2, 0) is 21.4 Å². The van der Waals surface area contributed by atoms with Crippen molar-refractivity contribution in [2.45, 2.75) is 122 Å². The molecule has 1 spiro atoms. The minimum Gasteiger partial charge on any atom is -0.497 e. The van der Waals surface area contributed by atoms with Gasteiger partial charge in [0.25, 0.3) is 5.91 Å². The molecule has 6 rings (SSSR count). The van der Waals surface area contributed by atoms with Crippen LogP contribution in [0, 0.1) is 12.3 Å². The van der Waals surface area contributed by atoms with E-state index in [1.807, 2.05) is 18.2 Å². The van der Waals surface area contributed by atoms with E-state index in [1.165, 1.54) is 31.2 Å². The molecule has 2 heterocycles. The molecule has 0 atom stereocenters. The molecule has 3 aliphatic rings. The van der Waals surface area contributed by atoms with Crippen LogP contribution in [-0.4, -0.2) is 79.2 Å². The van der Waals surface area contributed by atoms with Crippen LogP contribution in [0.3, 0.4) is 0 Å². The molecule has 2 aromatic carbocycles. The van der Waals surface area contributed by atoms with Gasteiger partial charge in [-0.25, -0.2) is 13.1 Å². The Bertz CT molecular complexity index is 1880. The number of carbonyl (C=O) groups excluding carboxylic acids is 2. The zero-order valence-electron chi connectivity index (χ0n) is 31.8. The summed E-state index contributed by atoms with van der Waals surface area (Å²) >= 11 is 0. The van der Waals surface area contributed by atoms with E-state index in [1.54, 1.807) is 27.0 Å². The maximum absolute atomic E-state index is 14.7. The number of sulfonamides is 1. The van der Waals surface area contributed by atoms with E-state index in [9.17, 15) is 18.0 Å². The number of nitrogens with one attached hydrogen (secondary N) is 1. The molecule has 0 unspecified atom stereocenters. The SMILES string of the molecule is COc1ccc(-c2c(C3CCCCC3)c3ccc(C(=O)NS(=O)(=O)C(C)C)cc3n2CC(C)(C)C(=O)N2CCN(C)C3(CCCCC3)C2)c(C)c1. The van der Waals surface area contributed by atoms with Gasteiger partial charge >= 0.3 is 0 Å². The Morgan fingerprint density at radius 3 is 2.31 bits per heavy atom. The number of ether oxygens (including phenoxy) is 1. The normalized spacial score (nSPS) is 19.2. The van der Waals surface area contributed by atoms with Crippen molar-refractivity contribution in [1.29, 1.82) is 0 Å². The first-order valence-electron chi connectivity index (χ1n) is 19.1. The number of carbonyl (C=O) groups is 2. The summed E-state index contributed by atoms with van der Waals surface area (Å²) in [4.78, 5) is 32.9. The summed E-state index contributed by atoms with van der Waals surface area (Å²) < 4.78 is 35.6. The Kier molecular flexibility index (Phi) is 10.7. The number of methoxy groups -OCH3 is 1. The maximum atomic E-state index is 14.7. The maximum Gasteiger partial charge on any atom is 0.264 e. The number of fused-ring (bicyclic) bond motifs is 1. The third kappa shape index (κ3) is 7.32. The molecule has 51 heavy (non-hydrogen) atoms. The number of hydrogen-bond donors (Lipinski definition) is 1. The van der Waals surface area contributed by atoms with E-state index < -0.39 is 26.6 Å². The van der Waals surface area contributed by atoms with Gasteiger partial charge in [0.2, 0.25) is 15.9 Å². The van der Waals surface area contributed by atoms with Gasteiger partial charge in [0.05, 0.1) is 23.5 Å². The average molecular weight is 719 g/mol. The van der Waals surface area contributed by atoms with Crippen molar-refractivity contribution in [2.24, 2.45) is 5.41 Å². The fraction of sp³-hybridized carbons (Fsp3) is 0.610. The zero-order chi connectivity index (χ0) is 36.7. The molecule has 278 valence electrons. The summed E-state index contributed by atoms with van der Waals surface area (Å²) in [6.45, 7) is 12.1. The van der Waals surface area contributed by atoms with Crippen LogP contribution in [0.2, 0.25) is 0 Å². The van der Waals surface area contributed by atoms with Crippen molar-refractivity contribution < 1.29 is 22.7 Å². The number of rotatable bonds is 9. The highest BCUT2D eigenvalue weighted by atomic mass is 32.2. The lowest BCUT2D eigenvalue weighted by molar-refractivity contribution is -0.147. The second-order valence-electron chi connectivity index (χ2n) is 16.4. The number of benzene rings is 2. The average Bonchev–Trinajstić information content (AvgIpc) is 3.41. The number of piperazine rings is 1. The Hall–Kier alpha value is -3.37. The molecule has 2 amide bonds. The Morgan fingerprint density at radius 2 is 1.67 bits per heavy atom. The first-order valence-corrected chi connectivity index (χ1v) is 20.6. The second-order valence-corrected chi connectivity index (χ2v) is 18.7. The van der Waals surface area contributed by atoms with E-state index in [-0.39, 0.29) is 17.0 Å². The highest BCUT2D eigenvalue weighted by Gasteiger charge is 2.45. The highest BCUT2D eigenvalue weighted by molar-refractivity contribution is 7.90. The van der Waals surface area contributed by atoms with E-state index in [4.69, 9.17) is 4.74 Å². The second kappa shape index (κ2) is 14.6. The zero-order valence-corrected chi connectivity index (χ0v) is 32.6. The fourth-order valence-corrected chi connectivity index (χ4v) is 9.60. The lowest BCUT2D eigenvalue weighted by Gasteiger charge is -2.52. The monoisotopic (exact) mass is 718 g/mol. The standard InChI is InChI=1S/C41H58N4O5S/c1-28(2)51(48,49)42-38(46)31-16-18-34-35(25-31)45(26-40(4,5)39(47)44-23-22-43(6)41(27-44)20-12-9-13-21-41)37(36(34)30-14-10-8-11-15-30)33-19-17-32(50-7)24-29(33)3/h16-19,24-25,28,30H,8-15,20-23,26-27H2,1-7H3,(H,42,46). The van der Waals surface area contributed by atoms with Crippen LogP contribution >= 0.6 is 0 Å². The third-order valence-electron chi connectivity index (χ3n) is 12.1. The predicted molar refractivity (Wildman–Crippen MR) is 205 cm³/mol. The molecule has 1 aromatic heterocycles. The van der Waals surface area contributed by atoms with Crippen molar-refractivity contribution in [3.63, 3.8) is 0 Å². The van der Waals surface area contributed by atoms with E-state index >= 15 is 0 Å². The molecule has 3 fully saturated rings. The summed E-state index contributed by atoms with van der Waals surface area (Å²) in [5, 5.41) is 0.310. The largest absolute Gasteiger partial charge is 0.497 e. The Balaban J connectivity index is 1.50. The van der Waals surface area contributed by atoms with Gasteiger partial charge in [0.15, 0.2) is 0 Å². The first kappa shape index (κ1) is 37.4. The molecule has 9 nitrogen and oxygen atoms in total. The number of aryl methyl sites for hydroxylation is 1. The Labute approximate surface area is 305 Å². The van der Waals surface area contributed by atoms with Crippen LogP contribution < -0.4 is 9.46 Å². The molecule has 1 aliphatic heterocycles. The van der Waals surface area contributed by atoms with Crippen molar-refractivity contribution in [2.75, 3.05) is 33.8 Å². The van der Waals surface area contributed by atoms with Gasteiger partial charge in [-0.1, -0.05) is 44.6 Å². The fourth-order valence-electron chi connectivity index (χ4n) is 8.99. The molecule has 10 heteroatoms. The van der Waals surface area contributed by atoms with Gasteiger partial charge in [0, 0.05) is 53.7 Å². The van der Waals surface area contributed by atoms with Gasteiger partial charge in [-0.05, 0) is 115 Å². The van der Waals surface area contributed by atoms with Crippen LogP contribution in [0.1, 0.15) is 119 Å². The highest BCUT2D eigenvalue weighted by Crippen LogP contribution is 2.47. The van der Waals surface area contributed by atoms with Crippen LogP contribution in [0.25, 0.3) is 22.2 Å². The minimum atomic E-state index is -3.82. The van der Waals surface area contributed by atoms with Gasteiger partial charge in [0.1, 0.15) is 5.75 Å². The van der Waals surface area contributed by atoms with Crippen molar-refractivity contribution in [3.05, 3.63) is 53.1 Å². The number of hydrogen-bond acceptors (Lipinski definition) is 6. The van der Waals surface area contributed by atoms with Crippen LogP contribution in [0.4, 0.5) is 0 Å². The molecule has 3 aromatic rings. The summed E-state index contributed by atoms with van der Waals surface area (Å²) in [7, 11) is 0.0738. The van der Waals surface area contributed by atoms with Crippen molar-refractivity contribution >= 4 is 32.7 Å². The quantitative estimate of drug-likeness (QED) is 0.244. The first-order chi connectivity index (χ1) is 24.2. The lowest BCUT2D eigenvalue weighted by atomic mass is 9.78. The van der Waals surface area contributed by atoms with Crippen LogP contribution in [0.5, 0.6) is 5.75 Å². The van der Waals surface area contributed by atoms with Crippen LogP contribution in [0.15, 0.2) is 36.4 Å². The Morgan fingerprint density at radius 1 is 0.980 bits per heavy atom. The van der Waals surface area contributed by atoms with Crippen molar-refractivity contribution in [3.8, 4) is 17.0 Å². The molecule has 2 aliphatic carbocycles. The lowest BCUT2D eigenvalue weighted by Crippen LogP contribution is -2.64. The van der Waals surface area contributed by atoms with Crippen molar-refractivity contribution in [1.82, 2.24) is 19.1 Å². The van der Waals surface area contributed by atoms with E-state index in [2.05, 4.69) is 59.0 Å². The van der Waals surface area contributed by atoms with Gasteiger partial charge in [-0.15, -0.1) is 0 Å². The molecular formula is C41H58N4O5S. The summed E-state index contributed by atoms with van der Waals surface area (Å²) in [6, 6.07) is 11.8. The van der Waals surface area contributed by atoms with E-state index in [0.717, 1.165) is 85.1 Å². The summed E-state index contributed by atoms with van der Waals surface area (Å²) in [5.41, 5.74) is 4.87. The number of nitrogens with zero attached hydrogens (tertiary/aromatic N) is 3.